The molecule has 5 nitrogen and oxygen atoms in total. The van der Waals surface area contributed by atoms with Crippen molar-refractivity contribution in [3.63, 3.8) is 0 Å². The van der Waals surface area contributed by atoms with Gasteiger partial charge in [-0.2, -0.15) is 5.10 Å². The molecule has 156 valence electrons. The van der Waals surface area contributed by atoms with E-state index in [-0.39, 0.29) is 10.8 Å². The number of phenolic OH excluding ortho intramolecular Hbond substituents is 1. The molecule has 3 aromatic carbocycles. The van der Waals surface area contributed by atoms with Crippen LogP contribution in [0.5, 0.6) is 5.75 Å². The SMILES string of the molecule is Cc1ccc(Cn2ccc3cc(C=NNC(=O)c4ccc(O)c(Cl)c4)ccc32)cc1C. The molecule has 2 N–H and O–H groups in total. The fourth-order valence-electron chi connectivity index (χ4n) is 3.41. The van der Waals surface area contributed by atoms with Gasteiger partial charge < -0.3 is 9.67 Å². The molecule has 0 saturated heterocycles. The molecule has 0 fully saturated rings. The molecule has 6 heteroatoms. The maximum atomic E-state index is 12.2. The zero-order chi connectivity index (χ0) is 22.0. The third kappa shape index (κ3) is 4.62. The van der Waals surface area contributed by atoms with E-state index in [0.29, 0.717) is 5.56 Å². The topological polar surface area (TPSA) is 66.6 Å². The van der Waals surface area contributed by atoms with Crippen molar-refractivity contribution in [1.29, 1.82) is 0 Å². The number of hydrogen-bond acceptors (Lipinski definition) is 3. The van der Waals surface area contributed by atoms with E-state index in [9.17, 15) is 9.90 Å². The van der Waals surface area contributed by atoms with Crippen molar-refractivity contribution in [2.75, 3.05) is 0 Å². The van der Waals surface area contributed by atoms with E-state index in [1.54, 1.807) is 6.21 Å². The van der Waals surface area contributed by atoms with Gasteiger partial charge in [0.05, 0.1) is 11.2 Å². The first-order valence-electron chi connectivity index (χ1n) is 9.87. The maximum absolute atomic E-state index is 12.2. The van der Waals surface area contributed by atoms with Crippen LogP contribution in [0.15, 0.2) is 72.0 Å². The van der Waals surface area contributed by atoms with Gasteiger partial charge in [-0.1, -0.05) is 35.9 Å². The quantitative estimate of drug-likeness (QED) is 0.327. The number of aromatic nitrogens is 1. The standard InChI is InChI=1S/C25H22ClN3O2/c1-16-3-4-19(11-17(16)2)15-29-10-9-20-12-18(5-7-23(20)29)14-27-28-25(31)21-6-8-24(30)22(26)13-21/h3-14,30H,15H2,1-2H3,(H,28,31). The van der Waals surface area contributed by atoms with E-state index in [1.165, 1.54) is 34.9 Å². The number of carbonyl (C=O) groups is 1. The second-order valence-corrected chi connectivity index (χ2v) is 7.95. The summed E-state index contributed by atoms with van der Waals surface area (Å²) in [7, 11) is 0. The van der Waals surface area contributed by atoms with Crippen molar-refractivity contribution >= 4 is 34.6 Å². The lowest BCUT2D eigenvalue weighted by Crippen LogP contribution is -2.17. The molecule has 0 unspecified atom stereocenters. The molecule has 1 aromatic heterocycles. The number of amides is 1. The summed E-state index contributed by atoms with van der Waals surface area (Å²) in [5, 5.41) is 14.7. The average molecular weight is 432 g/mol. The third-order valence-corrected chi connectivity index (χ3v) is 5.61. The number of rotatable bonds is 5. The van der Waals surface area contributed by atoms with E-state index in [2.05, 4.69) is 65.5 Å². The summed E-state index contributed by atoms with van der Waals surface area (Å²) in [6, 6.07) is 18.9. The lowest BCUT2D eigenvalue weighted by Gasteiger charge is -2.08. The Balaban J connectivity index is 1.46. The lowest BCUT2D eigenvalue weighted by molar-refractivity contribution is 0.0955. The first kappa shape index (κ1) is 20.7. The van der Waals surface area contributed by atoms with Crippen molar-refractivity contribution in [2.45, 2.75) is 20.4 Å². The molecule has 0 bridgehead atoms. The van der Waals surface area contributed by atoms with E-state index >= 15 is 0 Å². The second-order valence-electron chi connectivity index (χ2n) is 7.55. The van der Waals surface area contributed by atoms with Crippen LogP contribution >= 0.6 is 11.6 Å². The molecular formula is C25H22ClN3O2. The largest absolute Gasteiger partial charge is 0.506 e. The smallest absolute Gasteiger partial charge is 0.271 e. The van der Waals surface area contributed by atoms with Crippen LogP contribution in [-0.4, -0.2) is 21.8 Å². The van der Waals surface area contributed by atoms with Gasteiger partial charge >= 0.3 is 0 Å². The molecule has 1 heterocycles. The van der Waals surface area contributed by atoms with Gasteiger partial charge in [-0.25, -0.2) is 5.43 Å². The van der Waals surface area contributed by atoms with Crippen molar-refractivity contribution < 1.29 is 9.90 Å². The summed E-state index contributed by atoms with van der Waals surface area (Å²) in [6.07, 6.45) is 3.68. The van der Waals surface area contributed by atoms with Crippen LogP contribution in [-0.2, 0) is 6.54 Å². The number of benzene rings is 3. The predicted molar refractivity (Wildman–Crippen MR) is 125 cm³/mol. The highest BCUT2D eigenvalue weighted by atomic mass is 35.5. The average Bonchev–Trinajstić information content (AvgIpc) is 3.14. The Labute approximate surface area is 185 Å². The monoisotopic (exact) mass is 431 g/mol. The Morgan fingerprint density at radius 2 is 1.90 bits per heavy atom. The number of fused-ring (bicyclic) bond motifs is 1. The summed E-state index contributed by atoms with van der Waals surface area (Å²) in [6.45, 7) is 5.06. The lowest BCUT2D eigenvalue weighted by atomic mass is 10.1. The molecule has 0 aliphatic rings. The number of aromatic hydroxyl groups is 1. The molecule has 0 aliphatic heterocycles. The molecule has 0 radical (unpaired) electrons. The van der Waals surface area contributed by atoms with Gasteiger partial charge in [-0.15, -0.1) is 0 Å². The summed E-state index contributed by atoms with van der Waals surface area (Å²) >= 11 is 5.84. The Hall–Kier alpha value is -3.57. The van der Waals surface area contributed by atoms with Gasteiger partial charge in [0.2, 0.25) is 0 Å². The zero-order valence-electron chi connectivity index (χ0n) is 17.3. The van der Waals surface area contributed by atoms with E-state index < -0.39 is 5.91 Å². The molecule has 31 heavy (non-hydrogen) atoms. The van der Waals surface area contributed by atoms with Crippen LogP contribution in [0.4, 0.5) is 0 Å². The number of halogens is 1. The fraction of sp³-hybridized carbons (Fsp3) is 0.120. The number of nitrogens with zero attached hydrogens (tertiary/aromatic N) is 2. The fourth-order valence-corrected chi connectivity index (χ4v) is 3.59. The van der Waals surface area contributed by atoms with E-state index in [0.717, 1.165) is 23.0 Å². The number of carbonyl (C=O) groups excluding carboxylic acids is 1. The first-order valence-corrected chi connectivity index (χ1v) is 10.3. The summed E-state index contributed by atoms with van der Waals surface area (Å²) in [5.74, 6) is -0.474. The Morgan fingerprint density at radius 1 is 1.06 bits per heavy atom. The van der Waals surface area contributed by atoms with Crippen LogP contribution < -0.4 is 5.43 Å². The molecule has 0 aliphatic carbocycles. The van der Waals surface area contributed by atoms with Gasteiger partial charge in [0.1, 0.15) is 5.75 Å². The van der Waals surface area contributed by atoms with Gasteiger partial charge in [0, 0.05) is 29.2 Å². The third-order valence-electron chi connectivity index (χ3n) is 5.31. The first-order chi connectivity index (χ1) is 14.9. The predicted octanol–water partition coefficient (Wildman–Crippen LogP) is 5.43. The minimum Gasteiger partial charge on any atom is -0.506 e. The number of phenols is 1. The zero-order valence-corrected chi connectivity index (χ0v) is 18.0. The highest BCUT2D eigenvalue weighted by Gasteiger charge is 2.08. The number of aryl methyl sites for hydroxylation is 2. The normalized spacial score (nSPS) is 11.3. The minimum atomic E-state index is -0.404. The number of nitrogens with one attached hydrogen (secondary N) is 1. The Morgan fingerprint density at radius 3 is 2.68 bits per heavy atom. The summed E-state index contributed by atoms with van der Waals surface area (Å²) in [4.78, 5) is 12.2. The highest BCUT2D eigenvalue weighted by molar-refractivity contribution is 6.32. The molecule has 0 saturated carbocycles. The molecule has 1 amide bonds. The highest BCUT2D eigenvalue weighted by Crippen LogP contribution is 2.23. The van der Waals surface area contributed by atoms with Crippen molar-refractivity contribution in [3.05, 3.63) is 99.7 Å². The minimum absolute atomic E-state index is 0.0699. The molecule has 4 rings (SSSR count). The molecule has 0 spiro atoms. The number of hydrogen-bond donors (Lipinski definition) is 2. The van der Waals surface area contributed by atoms with Crippen LogP contribution in [0.25, 0.3) is 10.9 Å². The maximum Gasteiger partial charge on any atom is 0.271 e. The molecule has 4 aromatic rings. The summed E-state index contributed by atoms with van der Waals surface area (Å²) in [5.41, 5.74) is 8.67. The molecule has 0 atom stereocenters. The van der Waals surface area contributed by atoms with Crippen LogP contribution in [0.3, 0.4) is 0 Å². The van der Waals surface area contributed by atoms with Crippen molar-refractivity contribution in [1.82, 2.24) is 9.99 Å². The van der Waals surface area contributed by atoms with Crippen molar-refractivity contribution in [2.24, 2.45) is 5.10 Å². The van der Waals surface area contributed by atoms with Crippen LogP contribution in [0.2, 0.25) is 5.02 Å². The van der Waals surface area contributed by atoms with Gasteiger partial charge in [0.25, 0.3) is 5.91 Å². The van der Waals surface area contributed by atoms with Gasteiger partial charge in [-0.05, 0) is 72.5 Å². The van der Waals surface area contributed by atoms with Gasteiger partial charge in [0.15, 0.2) is 0 Å². The van der Waals surface area contributed by atoms with Crippen molar-refractivity contribution in [3.8, 4) is 5.75 Å². The number of hydrazone groups is 1. The Kier molecular flexibility index (Phi) is 5.78. The Bertz CT molecular complexity index is 1310. The van der Waals surface area contributed by atoms with E-state index in [1.807, 2.05) is 12.1 Å². The van der Waals surface area contributed by atoms with Gasteiger partial charge in [-0.3, -0.25) is 4.79 Å². The second kappa shape index (κ2) is 8.66. The van der Waals surface area contributed by atoms with Crippen LogP contribution in [0, 0.1) is 13.8 Å². The van der Waals surface area contributed by atoms with Crippen LogP contribution in [0.1, 0.15) is 32.6 Å². The molecular weight excluding hydrogens is 410 g/mol. The van der Waals surface area contributed by atoms with E-state index in [4.69, 9.17) is 11.6 Å². The summed E-state index contributed by atoms with van der Waals surface area (Å²) < 4.78 is 2.22.